The van der Waals surface area contributed by atoms with Gasteiger partial charge in [-0.25, -0.2) is 0 Å². The Morgan fingerprint density at radius 2 is 0.372 bits per heavy atom. The van der Waals surface area contributed by atoms with Gasteiger partial charge in [-0.2, -0.15) is 23.5 Å². The van der Waals surface area contributed by atoms with E-state index in [0.29, 0.717) is 0 Å². The van der Waals surface area contributed by atoms with E-state index >= 15 is 0 Å². The van der Waals surface area contributed by atoms with Crippen molar-refractivity contribution in [3.05, 3.63) is 215 Å². The van der Waals surface area contributed by atoms with E-state index in [1.807, 2.05) is 0 Å². The number of hydrogen-bond acceptors (Lipinski definition) is 13. The molecule has 0 aliphatic rings. The molecule has 0 aliphatic heterocycles. The van der Waals surface area contributed by atoms with Crippen molar-refractivity contribution in [1.29, 1.82) is 0 Å². The van der Waals surface area contributed by atoms with Gasteiger partial charge in [-0.15, -0.1) is 0 Å². The summed E-state index contributed by atoms with van der Waals surface area (Å²) < 4.78 is 41.7. The first-order valence-electron chi connectivity index (χ1n) is 25.8. The third kappa shape index (κ3) is 25.1. The molecule has 0 amide bonds. The van der Waals surface area contributed by atoms with Crippen molar-refractivity contribution in [3.8, 4) is 0 Å². The van der Waals surface area contributed by atoms with Gasteiger partial charge in [0.25, 0.3) is 0 Å². The quantitative estimate of drug-likeness (QED) is 0.0515. The van der Waals surface area contributed by atoms with Gasteiger partial charge in [0.15, 0.2) is 0 Å². The van der Waals surface area contributed by atoms with E-state index in [-0.39, 0.29) is 32.5 Å². The van der Waals surface area contributed by atoms with E-state index in [9.17, 15) is 1.41 Å². The maximum Gasteiger partial charge on any atom is -0.159 e. The second kappa shape index (κ2) is 28.5. The molecule has 18 heteroatoms. The number of hydrogen-bond donors (Lipinski definition) is 0. The minimum atomic E-state index is -5.39. The van der Waals surface area contributed by atoms with Crippen LogP contribution in [0.5, 0.6) is 0 Å². The van der Waals surface area contributed by atoms with Crippen LogP contribution in [0.2, 0.25) is 26.6 Å². The molecule has 0 aliphatic carbocycles. The van der Waals surface area contributed by atoms with Gasteiger partial charge in [0.05, 0.1) is 0 Å². The molecule has 6 aromatic carbocycles. The van der Waals surface area contributed by atoms with Crippen LogP contribution in [0.4, 0.5) is 0 Å². The molecule has 0 unspecified atom stereocenters. The summed E-state index contributed by atoms with van der Waals surface area (Å²) in [5.74, 6) is 0. The second-order valence-corrected chi connectivity index (χ2v) is 51.1. The zero-order chi connectivity index (χ0) is 59.1. The van der Waals surface area contributed by atoms with E-state index in [0.717, 1.165) is 26.6 Å². The SMILES string of the molecule is CC(C)([CH2][Sn]([CH2]C(C)(C)c1ccccc1)([CH2]C(C)(C)c1ccccc1)[O][Sn]([CH2]C(C)(C)c1ccccc1)([CH2]C(C)(C)c1ccccc1)[CH2]C(C)(C)c1ccccc1)c1ccccc1.O=P([O-])([O-])[O-].O=P([O-])([O-])[O-].O=P([O-])([O-])[O-]. The van der Waals surface area contributed by atoms with Crippen molar-refractivity contribution in [3.63, 3.8) is 0 Å². The molecule has 428 valence electrons. The molecule has 78 heavy (non-hydrogen) atoms. The van der Waals surface area contributed by atoms with Crippen LogP contribution in [0.3, 0.4) is 0 Å². The fourth-order valence-corrected chi connectivity index (χ4v) is 74.8. The topological polar surface area (TPSA) is 268 Å². The summed E-state index contributed by atoms with van der Waals surface area (Å²) in [6.07, 6.45) is 0. The first-order chi connectivity index (χ1) is 35.6. The molecule has 0 fully saturated rings. The molecule has 13 nitrogen and oxygen atoms in total. The molecular weight excluding hydrogens is 1260 g/mol. The van der Waals surface area contributed by atoms with E-state index in [4.69, 9.17) is 57.7 Å². The molecule has 0 saturated carbocycles. The molecule has 0 N–H and O–H groups in total. The third-order valence-corrected chi connectivity index (χ3v) is 59.6. The maximum absolute atomic E-state index is 9.39. The van der Waals surface area contributed by atoms with Crippen LogP contribution in [0.25, 0.3) is 0 Å². The van der Waals surface area contributed by atoms with Crippen molar-refractivity contribution in [1.82, 2.24) is 0 Å². The van der Waals surface area contributed by atoms with Crippen LogP contribution in [0.15, 0.2) is 182 Å². The fraction of sp³-hybridized carbons (Fsp3) is 0.400. The molecule has 0 radical (unpaired) electrons. The average molecular weight is 1340 g/mol. The summed E-state index contributed by atoms with van der Waals surface area (Å²) >= 11 is -8.23. The normalized spacial score (nSPS) is 13.2. The van der Waals surface area contributed by atoms with E-state index < -0.39 is 61.1 Å². The molecule has 0 saturated heterocycles. The van der Waals surface area contributed by atoms with Crippen molar-refractivity contribution < 1.29 is 59.1 Å². The summed E-state index contributed by atoms with van der Waals surface area (Å²) in [5, 5.41) is 0. The van der Waals surface area contributed by atoms with Crippen LogP contribution < -0.4 is 44.0 Å². The summed E-state index contributed by atoms with van der Waals surface area (Å²) in [5.41, 5.74) is 7.98. The Kier molecular flexibility index (Phi) is 25.4. The number of benzene rings is 6. The predicted molar refractivity (Wildman–Crippen MR) is 301 cm³/mol. The Morgan fingerprint density at radius 3 is 0.474 bits per heavy atom. The molecule has 6 rings (SSSR count). The van der Waals surface area contributed by atoms with Gasteiger partial charge in [0.2, 0.25) is 0 Å². The Morgan fingerprint density at radius 1 is 0.269 bits per heavy atom. The Balaban J connectivity index is 0.000000940. The van der Waals surface area contributed by atoms with Crippen molar-refractivity contribution in [2.24, 2.45) is 0 Å². The monoisotopic (exact) mass is 1340 g/mol. The van der Waals surface area contributed by atoms with Crippen LogP contribution >= 0.6 is 23.5 Å². The third-order valence-electron chi connectivity index (χ3n) is 14.3. The minimum Gasteiger partial charge on any atom is -0.822 e. The molecule has 0 spiro atoms. The van der Waals surface area contributed by atoms with Gasteiger partial charge in [0, 0.05) is 0 Å². The van der Waals surface area contributed by atoms with Crippen LogP contribution in [0.1, 0.15) is 116 Å². The van der Waals surface area contributed by atoms with E-state index in [1.165, 1.54) is 33.4 Å². The van der Waals surface area contributed by atoms with Crippen molar-refractivity contribution >= 4 is 61.1 Å². The second-order valence-electron chi connectivity index (χ2n) is 24.4. The fourth-order valence-electron chi connectivity index (χ4n) is 11.8. The van der Waals surface area contributed by atoms with Gasteiger partial charge in [0.1, 0.15) is 0 Å². The van der Waals surface area contributed by atoms with Gasteiger partial charge < -0.3 is 57.7 Å². The predicted octanol–water partition coefficient (Wildman–Crippen LogP) is 8.29. The van der Waals surface area contributed by atoms with Crippen molar-refractivity contribution in [2.45, 2.75) is 142 Å². The molecule has 0 bridgehead atoms. The summed E-state index contributed by atoms with van der Waals surface area (Å²) in [4.78, 5) is 76.9. The van der Waals surface area contributed by atoms with Crippen LogP contribution in [-0.4, -0.2) is 37.6 Å². The standard InChI is InChI=1S/6C10H13.3H3O4P.O.2Sn/c6*1-10(2,3)9-7-5-4-6-8-9;3*1-5(2,3)4;;;/h6*4-8H,1H2,2-3H3;3*(H3,1,2,3,4);;;/p-9. The largest absolute Gasteiger partial charge is 0.822 e. The zero-order valence-corrected chi connectivity index (χ0v) is 55.6. The zero-order valence-electron chi connectivity index (χ0n) is 47.2. The van der Waals surface area contributed by atoms with Crippen molar-refractivity contribution in [2.75, 3.05) is 0 Å². The Labute approximate surface area is 474 Å². The number of phosphoric acid groups is 3. The van der Waals surface area contributed by atoms with E-state index in [2.05, 4.69) is 265 Å². The van der Waals surface area contributed by atoms with Crippen LogP contribution in [0, 0.1) is 0 Å². The Hall–Kier alpha value is -2.79. The smallest absolute Gasteiger partial charge is 0.159 e. The van der Waals surface area contributed by atoms with Gasteiger partial charge in [-0.1, -0.05) is 0 Å². The first-order valence-corrected chi connectivity index (χ1v) is 44.6. The summed E-state index contributed by atoms with van der Waals surface area (Å²) in [7, 11) is -16.2. The first kappa shape index (κ1) is 69.5. The van der Waals surface area contributed by atoms with Crippen LogP contribution in [-0.2, 0) is 47.6 Å². The number of rotatable bonds is 20. The van der Waals surface area contributed by atoms with E-state index in [1.54, 1.807) is 0 Å². The average Bonchev–Trinajstić information content (AvgIpc) is 3.30. The Bertz CT molecular complexity index is 2360. The van der Waals surface area contributed by atoms with Gasteiger partial charge in [-0.05, 0) is 0 Å². The molecule has 0 aromatic heterocycles. The molecule has 0 heterocycles. The van der Waals surface area contributed by atoms with Gasteiger partial charge in [-0.3, -0.25) is 0 Å². The minimum absolute atomic E-state index is 0.0900. The summed E-state index contributed by atoms with van der Waals surface area (Å²) in [6.45, 7) is 30.4. The molecule has 0 atom stereocenters. The van der Waals surface area contributed by atoms with Gasteiger partial charge >= 0.3 is 397 Å². The molecular formula is C60H78O13P3Sn2-9. The molecule has 6 aromatic rings. The summed E-state index contributed by atoms with van der Waals surface area (Å²) in [6, 6.07) is 68.6. The maximum atomic E-state index is 9.39.